The van der Waals surface area contributed by atoms with Crippen LogP contribution in [0.3, 0.4) is 0 Å². The van der Waals surface area contributed by atoms with Crippen LogP contribution >= 0.6 is 23.2 Å². The van der Waals surface area contributed by atoms with E-state index < -0.39 is 11.9 Å². The number of aryl methyl sites for hydroxylation is 1. The number of nitrogens with zero attached hydrogens (tertiary/aromatic N) is 4. The summed E-state index contributed by atoms with van der Waals surface area (Å²) in [6.45, 7) is 3.24. The minimum atomic E-state index is -4.55. The van der Waals surface area contributed by atoms with E-state index in [1.54, 1.807) is 31.2 Å². The highest BCUT2D eigenvalue weighted by Gasteiger charge is 2.33. The van der Waals surface area contributed by atoms with Crippen molar-refractivity contribution in [3.05, 3.63) is 86.5 Å². The van der Waals surface area contributed by atoms with Crippen molar-refractivity contribution >= 4 is 23.2 Å². The summed E-state index contributed by atoms with van der Waals surface area (Å²) in [5.41, 5.74) is 1.23. The van der Waals surface area contributed by atoms with Gasteiger partial charge in [0.05, 0.1) is 34.3 Å². The summed E-state index contributed by atoms with van der Waals surface area (Å²) in [6.07, 6.45) is -4.32. The highest BCUT2D eigenvalue weighted by atomic mass is 35.5. The van der Waals surface area contributed by atoms with Crippen molar-refractivity contribution in [2.75, 3.05) is 0 Å². The summed E-state index contributed by atoms with van der Waals surface area (Å²) in [6, 6.07) is 12.2. The van der Waals surface area contributed by atoms with Crippen LogP contribution in [-0.2, 0) is 12.6 Å². The number of ether oxygens (including phenoxy) is 1. The van der Waals surface area contributed by atoms with Gasteiger partial charge >= 0.3 is 6.18 Å². The van der Waals surface area contributed by atoms with Gasteiger partial charge in [-0.25, -0.2) is 4.98 Å². The molecule has 0 unspecified atom stereocenters. The van der Waals surface area contributed by atoms with Gasteiger partial charge in [0.1, 0.15) is 17.2 Å². The Morgan fingerprint density at radius 1 is 1.06 bits per heavy atom. The number of alkyl halides is 3. The fourth-order valence-corrected chi connectivity index (χ4v) is 3.83. The number of halogens is 5. The van der Waals surface area contributed by atoms with E-state index in [0.717, 1.165) is 11.6 Å². The zero-order valence-electron chi connectivity index (χ0n) is 18.2. The quantitative estimate of drug-likeness (QED) is 0.275. The molecule has 11 heteroatoms. The van der Waals surface area contributed by atoms with E-state index in [4.69, 9.17) is 37.6 Å². The Labute approximate surface area is 207 Å². The highest BCUT2D eigenvalue weighted by molar-refractivity contribution is 6.32. The van der Waals surface area contributed by atoms with Crippen LogP contribution in [0.1, 0.15) is 34.0 Å². The summed E-state index contributed by atoms with van der Waals surface area (Å²) in [7, 11) is 0. The fourth-order valence-electron chi connectivity index (χ4n) is 3.36. The third-order valence-corrected chi connectivity index (χ3v) is 5.62. The van der Waals surface area contributed by atoms with Crippen LogP contribution in [0.4, 0.5) is 13.2 Å². The minimum absolute atomic E-state index is 0.0600. The van der Waals surface area contributed by atoms with Crippen LogP contribution in [0.5, 0.6) is 11.5 Å². The molecule has 0 spiro atoms. The molecule has 35 heavy (non-hydrogen) atoms. The SMILES string of the molecule is Cc1nc(C(F)(F)F)ccc1-c1nnc(Cc2ccc(Cl)c(Oc3cc(Cl)cc(C#N)c3)c2C)o1. The molecule has 4 rings (SSSR count). The molecule has 0 N–H and O–H groups in total. The van der Waals surface area contributed by atoms with Gasteiger partial charge in [-0.3, -0.25) is 0 Å². The molecule has 6 nitrogen and oxygen atoms in total. The van der Waals surface area contributed by atoms with Gasteiger partial charge in [-0.2, -0.15) is 18.4 Å². The minimum Gasteiger partial charge on any atom is -0.455 e. The molecule has 0 fully saturated rings. The Bertz CT molecular complexity index is 1460. The van der Waals surface area contributed by atoms with Gasteiger partial charge in [-0.05, 0) is 61.4 Å². The molecule has 0 atom stereocenters. The first-order valence-corrected chi connectivity index (χ1v) is 10.8. The fraction of sp³-hybridized carbons (Fsp3) is 0.167. The van der Waals surface area contributed by atoms with E-state index in [-0.39, 0.29) is 23.9 Å². The second kappa shape index (κ2) is 9.56. The van der Waals surface area contributed by atoms with Gasteiger partial charge in [-0.1, -0.05) is 29.3 Å². The first-order chi connectivity index (χ1) is 16.5. The Kier molecular flexibility index (Phi) is 6.70. The number of hydrogen-bond donors (Lipinski definition) is 0. The van der Waals surface area contributed by atoms with Gasteiger partial charge in [0.25, 0.3) is 0 Å². The molecule has 0 aliphatic carbocycles. The first-order valence-electron chi connectivity index (χ1n) is 10.1. The molecule has 0 saturated heterocycles. The smallest absolute Gasteiger partial charge is 0.433 e. The van der Waals surface area contributed by atoms with E-state index in [2.05, 4.69) is 15.2 Å². The number of nitriles is 1. The van der Waals surface area contributed by atoms with Crippen molar-refractivity contribution < 1.29 is 22.3 Å². The van der Waals surface area contributed by atoms with Crippen LogP contribution in [-0.4, -0.2) is 15.2 Å². The van der Waals surface area contributed by atoms with Crippen molar-refractivity contribution in [1.82, 2.24) is 15.2 Å². The molecule has 0 amide bonds. The predicted molar refractivity (Wildman–Crippen MR) is 123 cm³/mol. The standard InChI is InChI=1S/C24H15Cl2F3N4O2/c1-12-15(3-5-19(26)22(12)34-17-8-14(11-30)7-16(25)10-17)9-21-32-33-23(35-21)18-4-6-20(24(27,28)29)31-13(18)2/h3-8,10H,9H2,1-2H3. The molecule has 2 aromatic carbocycles. The molecule has 4 aromatic rings. The van der Waals surface area contributed by atoms with E-state index in [1.807, 2.05) is 6.07 Å². The monoisotopic (exact) mass is 518 g/mol. The van der Waals surface area contributed by atoms with Crippen molar-refractivity contribution in [2.45, 2.75) is 26.4 Å². The predicted octanol–water partition coefficient (Wildman–Crippen LogP) is 7.33. The average Bonchev–Trinajstić information content (AvgIpc) is 3.25. The molecule has 0 aliphatic rings. The Morgan fingerprint density at radius 3 is 2.51 bits per heavy atom. The van der Waals surface area contributed by atoms with Gasteiger partial charge in [0.15, 0.2) is 0 Å². The molecule has 0 saturated carbocycles. The summed E-state index contributed by atoms with van der Waals surface area (Å²) < 4.78 is 50.3. The van der Waals surface area contributed by atoms with Gasteiger partial charge in [0, 0.05) is 5.02 Å². The van der Waals surface area contributed by atoms with Crippen molar-refractivity contribution in [2.24, 2.45) is 0 Å². The zero-order valence-corrected chi connectivity index (χ0v) is 19.8. The molecule has 0 radical (unpaired) electrons. The van der Waals surface area contributed by atoms with Gasteiger partial charge in [-0.15, -0.1) is 10.2 Å². The van der Waals surface area contributed by atoms with Crippen molar-refractivity contribution in [1.29, 1.82) is 5.26 Å². The number of rotatable bonds is 5. The van der Waals surface area contributed by atoms with E-state index in [0.29, 0.717) is 38.2 Å². The van der Waals surface area contributed by atoms with Crippen LogP contribution in [0.2, 0.25) is 10.0 Å². The lowest BCUT2D eigenvalue weighted by molar-refractivity contribution is -0.141. The zero-order chi connectivity index (χ0) is 25.3. The van der Waals surface area contributed by atoms with E-state index >= 15 is 0 Å². The molecule has 0 bridgehead atoms. The third-order valence-electron chi connectivity index (χ3n) is 5.11. The van der Waals surface area contributed by atoms with Crippen molar-refractivity contribution in [3.63, 3.8) is 0 Å². The van der Waals surface area contributed by atoms with E-state index in [9.17, 15) is 13.2 Å². The Hall–Kier alpha value is -3.61. The summed E-state index contributed by atoms with van der Waals surface area (Å²) in [5, 5.41) is 17.8. The molecule has 2 aromatic heterocycles. The maximum atomic E-state index is 12.9. The summed E-state index contributed by atoms with van der Waals surface area (Å²) in [5.74, 6) is 1.02. The molecular weight excluding hydrogens is 504 g/mol. The number of aromatic nitrogens is 3. The molecule has 178 valence electrons. The molecule has 0 aliphatic heterocycles. The topological polar surface area (TPSA) is 84.8 Å². The van der Waals surface area contributed by atoms with Gasteiger partial charge < -0.3 is 9.15 Å². The highest BCUT2D eigenvalue weighted by Crippen LogP contribution is 2.37. The summed E-state index contributed by atoms with van der Waals surface area (Å²) >= 11 is 12.4. The Balaban J connectivity index is 1.60. The summed E-state index contributed by atoms with van der Waals surface area (Å²) in [4.78, 5) is 3.59. The van der Waals surface area contributed by atoms with Crippen LogP contribution in [0, 0.1) is 25.2 Å². The molecular formula is C24H15Cl2F3N4O2. The number of benzene rings is 2. The van der Waals surface area contributed by atoms with Crippen LogP contribution < -0.4 is 4.74 Å². The lowest BCUT2D eigenvalue weighted by atomic mass is 10.0. The lowest BCUT2D eigenvalue weighted by Gasteiger charge is -2.14. The van der Waals surface area contributed by atoms with Gasteiger partial charge in [0.2, 0.25) is 11.8 Å². The maximum absolute atomic E-state index is 12.9. The normalized spacial score (nSPS) is 11.4. The van der Waals surface area contributed by atoms with Crippen molar-refractivity contribution in [3.8, 4) is 29.0 Å². The number of hydrogen-bond acceptors (Lipinski definition) is 6. The maximum Gasteiger partial charge on any atom is 0.433 e. The lowest BCUT2D eigenvalue weighted by Crippen LogP contribution is -2.08. The second-order valence-corrected chi connectivity index (χ2v) is 8.40. The van der Waals surface area contributed by atoms with E-state index in [1.165, 1.54) is 19.1 Å². The van der Waals surface area contributed by atoms with Crippen LogP contribution in [0.25, 0.3) is 11.5 Å². The average molecular weight is 519 g/mol. The van der Waals surface area contributed by atoms with Crippen LogP contribution in [0.15, 0.2) is 46.9 Å². The largest absolute Gasteiger partial charge is 0.455 e. The second-order valence-electron chi connectivity index (χ2n) is 7.56. The molecule has 2 heterocycles. The Morgan fingerprint density at radius 2 is 1.83 bits per heavy atom. The number of pyridine rings is 1. The third kappa shape index (κ3) is 5.39. The first kappa shape index (κ1) is 24.5.